The Balaban J connectivity index is 1.98. The number of hydrogen-bond acceptors (Lipinski definition) is 3. The zero-order chi connectivity index (χ0) is 17.8. The van der Waals surface area contributed by atoms with Gasteiger partial charge in [-0.15, -0.1) is 0 Å². The Morgan fingerprint density at radius 2 is 1.58 bits per heavy atom. The summed E-state index contributed by atoms with van der Waals surface area (Å²) in [7, 11) is -5.81. The van der Waals surface area contributed by atoms with Crippen LogP contribution in [0.5, 0.6) is 0 Å². The van der Waals surface area contributed by atoms with Crippen LogP contribution in [-0.2, 0) is 14.8 Å². The molecule has 6 heteroatoms. The van der Waals surface area contributed by atoms with E-state index in [1.165, 1.54) is 0 Å². The fraction of sp³-hybridized carbons (Fsp3) is 0.278. The highest BCUT2D eigenvalue weighted by Gasteiger charge is 2.31. The highest BCUT2D eigenvalue weighted by atomic mass is 32.2. The van der Waals surface area contributed by atoms with E-state index in [0.717, 1.165) is 10.8 Å². The number of hydrogen-bond donors (Lipinski definition) is 1. The van der Waals surface area contributed by atoms with Gasteiger partial charge in [0.1, 0.15) is 5.41 Å². The molecule has 2 aromatic rings. The lowest BCUT2D eigenvalue weighted by atomic mass is 10.2. The highest BCUT2D eigenvalue weighted by Crippen LogP contribution is 2.11. The molecule has 128 valence electrons. The zero-order valence-electron chi connectivity index (χ0n) is 14.2. The Morgan fingerprint density at radius 3 is 2.17 bits per heavy atom. The summed E-state index contributed by atoms with van der Waals surface area (Å²) in [5.41, 5.74) is 1.000. The standard InChI is InChI=1S/C18H23NO3SSi/c1-15-9-11-16(12-10-15)23(21,22)19-14-13-18(20)24(2,3)17-7-5-4-6-8-17/h4-12,19H,13-14H2,1-3H3. The molecule has 0 aliphatic heterocycles. The fourth-order valence-corrected chi connectivity index (χ4v) is 5.56. The fourth-order valence-electron chi connectivity index (χ4n) is 2.43. The predicted molar refractivity (Wildman–Crippen MR) is 99.5 cm³/mol. The second-order valence-electron chi connectivity index (χ2n) is 6.38. The van der Waals surface area contributed by atoms with E-state index in [4.69, 9.17) is 0 Å². The predicted octanol–water partition coefficient (Wildman–Crippen LogP) is 2.39. The molecule has 0 bridgehead atoms. The molecule has 0 aromatic heterocycles. The third kappa shape index (κ3) is 4.40. The summed E-state index contributed by atoms with van der Waals surface area (Å²) in [4.78, 5) is 12.8. The van der Waals surface area contributed by atoms with Crippen molar-refractivity contribution in [3.05, 3.63) is 60.2 Å². The van der Waals surface area contributed by atoms with Crippen molar-refractivity contribution < 1.29 is 13.2 Å². The first-order valence-electron chi connectivity index (χ1n) is 7.88. The Hall–Kier alpha value is -1.76. The number of benzene rings is 2. The van der Waals surface area contributed by atoms with Crippen LogP contribution in [0.3, 0.4) is 0 Å². The van der Waals surface area contributed by atoms with Crippen LogP contribution in [0.4, 0.5) is 0 Å². The van der Waals surface area contributed by atoms with Crippen molar-refractivity contribution in [2.24, 2.45) is 0 Å². The van der Waals surface area contributed by atoms with E-state index in [9.17, 15) is 13.2 Å². The Kier molecular flexibility index (Phi) is 5.74. The third-order valence-corrected chi connectivity index (χ3v) is 9.07. The van der Waals surface area contributed by atoms with Crippen LogP contribution in [0, 0.1) is 6.92 Å². The Bertz CT molecular complexity index is 800. The van der Waals surface area contributed by atoms with Gasteiger partial charge >= 0.3 is 0 Å². The SMILES string of the molecule is Cc1ccc(S(=O)(=O)NCCC(=O)[Si](C)(C)c2ccccc2)cc1. The van der Waals surface area contributed by atoms with E-state index >= 15 is 0 Å². The first-order valence-corrected chi connectivity index (χ1v) is 12.4. The topological polar surface area (TPSA) is 63.2 Å². The molecule has 2 aromatic carbocycles. The summed E-state index contributed by atoms with van der Waals surface area (Å²) in [6.45, 7) is 6.02. The van der Waals surface area contributed by atoms with Gasteiger partial charge in [-0.25, -0.2) is 13.1 Å². The summed E-state index contributed by atoms with van der Waals surface area (Å²) < 4.78 is 27.0. The van der Waals surface area contributed by atoms with Gasteiger partial charge in [0.15, 0.2) is 8.07 Å². The van der Waals surface area contributed by atoms with E-state index < -0.39 is 18.1 Å². The van der Waals surface area contributed by atoms with E-state index in [1.54, 1.807) is 24.3 Å². The van der Waals surface area contributed by atoms with Gasteiger partial charge in [0.2, 0.25) is 10.0 Å². The highest BCUT2D eigenvalue weighted by molar-refractivity contribution is 7.89. The van der Waals surface area contributed by atoms with E-state index in [2.05, 4.69) is 4.72 Å². The van der Waals surface area contributed by atoms with Crippen LogP contribution in [0.1, 0.15) is 12.0 Å². The molecular weight excluding hydrogens is 338 g/mol. The second kappa shape index (κ2) is 7.42. The monoisotopic (exact) mass is 361 g/mol. The van der Waals surface area contributed by atoms with Gasteiger partial charge in [0.05, 0.1) is 4.90 Å². The zero-order valence-corrected chi connectivity index (χ0v) is 16.1. The van der Waals surface area contributed by atoms with Crippen molar-refractivity contribution in [1.82, 2.24) is 4.72 Å². The quantitative estimate of drug-likeness (QED) is 0.770. The Labute approximate surface area is 145 Å². The van der Waals surface area contributed by atoms with Crippen molar-refractivity contribution >= 4 is 28.7 Å². The lowest BCUT2D eigenvalue weighted by Gasteiger charge is -2.21. The smallest absolute Gasteiger partial charge is 0.240 e. The molecule has 0 amide bonds. The maximum Gasteiger partial charge on any atom is 0.240 e. The molecule has 0 atom stereocenters. The van der Waals surface area contributed by atoms with Gasteiger partial charge in [-0.05, 0) is 19.1 Å². The summed E-state index contributed by atoms with van der Waals surface area (Å²) >= 11 is 0. The van der Waals surface area contributed by atoms with Gasteiger partial charge in [0, 0.05) is 13.0 Å². The van der Waals surface area contributed by atoms with E-state index in [-0.39, 0.29) is 23.3 Å². The molecule has 1 N–H and O–H groups in total. The van der Waals surface area contributed by atoms with Crippen molar-refractivity contribution in [3.63, 3.8) is 0 Å². The average Bonchev–Trinajstić information content (AvgIpc) is 2.55. The number of nitrogens with one attached hydrogen (secondary N) is 1. The molecule has 0 spiro atoms. The van der Waals surface area contributed by atoms with Crippen LogP contribution in [-0.4, -0.2) is 28.4 Å². The van der Waals surface area contributed by atoms with Gasteiger partial charge < -0.3 is 4.79 Å². The number of carbonyl (C=O) groups excluding carboxylic acids is 1. The second-order valence-corrected chi connectivity index (χ2v) is 12.5. The van der Waals surface area contributed by atoms with E-state index in [1.807, 2.05) is 50.3 Å². The van der Waals surface area contributed by atoms with Crippen molar-refractivity contribution in [1.29, 1.82) is 0 Å². The number of rotatable bonds is 7. The molecule has 0 saturated heterocycles. The van der Waals surface area contributed by atoms with Crippen molar-refractivity contribution in [3.8, 4) is 0 Å². The lowest BCUT2D eigenvalue weighted by Crippen LogP contribution is -2.50. The minimum atomic E-state index is -3.57. The van der Waals surface area contributed by atoms with Gasteiger partial charge in [-0.3, -0.25) is 0 Å². The molecule has 2 rings (SSSR count). The van der Waals surface area contributed by atoms with Crippen LogP contribution >= 0.6 is 0 Å². The molecule has 0 unspecified atom stereocenters. The average molecular weight is 362 g/mol. The normalized spacial score (nSPS) is 12.1. The Morgan fingerprint density at radius 1 is 1.00 bits per heavy atom. The summed E-state index contributed by atoms with van der Waals surface area (Å²) in [6.07, 6.45) is 0.208. The summed E-state index contributed by atoms with van der Waals surface area (Å²) in [5.74, 6) is 0. The van der Waals surface area contributed by atoms with Gasteiger partial charge in [-0.1, -0.05) is 66.3 Å². The summed E-state index contributed by atoms with van der Waals surface area (Å²) in [5, 5.41) is 1.21. The van der Waals surface area contributed by atoms with Gasteiger partial charge in [-0.2, -0.15) is 0 Å². The first-order chi connectivity index (χ1) is 11.2. The third-order valence-electron chi connectivity index (χ3n) is 4.17. The van der Waals surface area contributed by atoms with Crippen LogP contribution in [0.2, 0.25) is 13.1 Å². The molecule has 0 fully saturated rings. The van der Waals surface area contributed by atoms with E-state index in [0.29, 0.717) is 0 Å². The van der Waals surface area contributed by atoms with Crippen LogP contribution in [0.25, 0.3) is 0 Å². The van der Waals surface area contributed by atoms with Crippen molar-refractivity contribution in [2.45, 2.75) is 31.3 Å². The number of sulfonamides is 1. The van der Waals surface area contributed by atoms with Gasteiger partial charge in [0.25, 0.3) is 0 Å². The molecule has 0 heterocycles. The maximum absolute atomic E-state index is 12.6. The molecule has 4 nitrogen and oxygen atoms in total. The molecule has 0 radical (unpaired) electrons. The molecule has 24 heavy (non-hydrogen) atoms. The summed E-state index contributed by atoms with van der Waals surface area (Å²) in [6, 6.07) is 16.4. The van der Waals surface area contributed by atoms with Crippen molar-refractivity contribution in [2.75, 3.05) is 6.54 Å². The number of aryl methyl sites for hydroxylation is 1. The molecule has 0 saturated carbocycles. The first kappa shape index (κ1) is 18.6. The lowest BCUT2D eigenvalue weighted by molar-refractivity contribution is -0.112. The molecular formula is C18H23NO3SSi. The maximum atomic E-state index is 12.6. The molecule has 0 aliphatic carbocycles. The van der Waals surface area contributed by atoms with Crippen LogP contribution in [0.15, 0.2) is 59.5 Å². The minimum Gasteiger partial charge on any atom is -0.305 e. The largest absolute Gasteiger partial charge is 0.305 e. The van der Waals surface area contributed by atoms with Crippen LogP contribution < -0.4 is 9.91 Å². The number of carbonyl (C=O) groups is 1. The minimum absolute atomic E-state index is 0.123. The molecule has 0 aliphatic rings.